The molecule has 0 saturated carbocycles. The molecule has 0 aromatic heterocycles. The van der Waals surface area contributed by atoms with Gasteiger partial charge in [-0.3, -0.25) is 58.2 Å². The molecule has 18 rings (SSSR count). The predicted molar refractivity (Wildman–Crippen MR) is 559 cm³/mol. The highest BCUT2D eigenvalue weighted by Gasteiger charge is 2.48. The van der Waals surface area contributed by atoms with Gasteiger partial charge in [-0.1, -0.05) is 62.3 Å². The summed E-state index contributed by atoms with van der Waals surface area (Å²) in [6.07, 6.45) is -26.4. The lowest BCUT2D eigenvalue weighted by atomic mass is 9.76. The van der Waals surface area contributed by atoms with E-state index in [1.54, 1.807) is 94.7 Å². The molecule has 0 aliphatic carbocycles. The van der Waals surface area contributed by atoms with Crippen molar-refractivity contribution in [1.82, 2.24) is 29.4 Å². The van der Waals surface area contributed by atoms with Crippen molar-refractivity contribution >= 4 is 34.7 Å². The van der Waals surface area contributed by atoms with Crippen molar-refractivity contribution in [2.24, 2.45) is 51.7 Å². The van der Waals surface area contributed by atoms with Crippen LogP contribution in [0.2, 0.25) is 0 Å². The average molecular weight is 2060 g/mol. The zero-order valence-electron chi connectivity index (χ0n) is 144. The molecule has 12 heterocycles. The van der Waals surface area contributed by atoms with Crippen molar-refractivity contribution in [1.29, 1.82) is 0 Å². The van der Waals surface area contributed by atoms with E-state index >= 15 is 0 Å². The summed E-state index contributed by atoms with van der Waals surface area (Å²) in [6, 6.07) is 8.08. The monoisotopic (exact) mass is 2050 g/mol. The zero-order chi connectivity index (χ0) is 157. The van der Waals surface area contributed by atoms with Gasteiger partial charge in [-0.05, 0) is 274 Å². The Bertz CT molecular complexity index is 8370. The van der Waals surface area contributed by atoms with E-state index in [-0.39, 0.29) is 106 Å². The summed E-state index contributed by atoms with van der Waals surface area (Å²) in [6.45, 7) is -9.77. The van der Waals surface area contributed by atoms with Crippen molar-refractivity contribution in [2.75, 3.05) is 163 Å². The molecule has 0 bridgehead atoms. The Hall–Kier alpha value is -9.42. The number of aryl methyl sites for hydroxylation is 3. The first-order valence-corrected chi connectivity index (χ1v) is 46.5. The molecule has 6 saturated heterocycles. The first-order valence-electron chi connectivity index (χ1n) is 76.5. The van der Waals surface area contributed by atoms with Gasteiger partial charge in [0.25, 0.3) is 0 Å². The van der Waals surface area contributed by atoms with Gasteiger partial charge in [0.05, 0.1) is 126 Å². The Kier molecular flexibility index (Phi) is 18.2. The molecule has 0 spiro atoms. The van der Waals surface area contributed by atoms with E-state index < -0.39 is 351 Å². The summed E-state index contributed by atoms with van der Waals surface area (Å²) >= 11 is 0. The molecular formula is C117H168N6O21. The zero-order valence-corrected chi connectivity index (χ0v) is 83.6. The molecule has 0 amide bonds. The van der Waals surface area contributed by atoms with Crippen molar-refractivity contribution in [2.45, 2.75) is 272 Å². The van der Waals surface area contributed by atoms with Crippen LogP contribution in [-0.4, -0.2) is 259 Å². The molecule has 12 aliphatic heterocycles. The van der Waals surface area contributed by atoms with E-state index in [1.165, 1.54) is 20.3 Å². The van der Waals surface area contributed by atoms with Gasteiger partial charge in [0.1, 0.15) is 34.7 Å². The molecule has 144 heavy (non-hydrogen) atoms. The van der Waals surface area contributed by atoms with Crippen LogP contribution in [0.5, 0.6) is 69.0 Å². The molecule has 6 fully saturated rings. The number of ether oxygens (including phenoxy) is 12. The Labute approximate surface area is 941 Å². The molecule has 12 aliphatic rings. The molecule has 792 valence electrons. The van der Waals surface area contributed by atoms with Crippen LogP contribution < -0.4 is 56.8 Å². The van der Waals surface area contributed by atoms with E-state index in [0.29, 0.717) is 66.9 Å². The molecule has 15 atom stereocenters. The van der Waals surface area contributed by atoms with E-state index in [1.807, 2.05) is 26.8 Å². The van der Waals surface area contributed by atoms with Crippen LogP contribution >= 0.6 is 0 Å². The van der Waals surface area contributed by atoms with E-state index in [2.05, 4.69) is 0 Å². The second-order valence-electron chi connectivity index (χ2n) is 40.5. The highest BCUT2D eigenvalue weighted by molar-refractivity contribution is 5.87. The lowest BCUT2D eigenvalue weighted by Gasteiger charge is -2.44. The number of piperidine rings is 6. The van der Waals surface area contributed by atoms with Crippen LogP contribution in [0.1, 0.15) is 366 Å². The first-order chi connectivity index (χ1) is 91.1. The standard InChI is InChI=1S/3C20H29NO3.3C19H27NO4/c3*1-20(2,3)11-14-12-21-7-6-13-8-18(23-4)19(24-5)9-15(13)16(21)10-17(14)22;3*1-19(2,22)10-13-11-20-6-5-12-7-17(23-3)18(24-4)8-14(12)15(20)9-16(13)21/h3*8-9,14,16H,6-7,10-12H2,1-5H3;3*7-8,13,15,22H,5-6,9-11H2,1-4H3/t3*14-,16-;3*13-,15-/m000000/s1/i4D3,5D3,6D2,7D2,10D2,12D2,14D;5D3,6D2,7D2,10D2,12D2,14D;4D3,6D2,7D2,10D2,12D2,14D;1D3,4D3,10D2;1D3,3D3,10D2;1D3,10D2/t3m;3*13-,15-,19?. The summed E-state index contributed by atoms with van der Waals surface area (Å²) in [5.41, 5.74) is -8.49. The molecular weight excluding hydrogens is 1830 g/mol. The predicted octanol–water partition coefficient (Wildman–Crippen LogP) is 17.9. The molecule has 0 radical (unpaired) electrons. The third-order valence-electron chi connectivity index (χ3n) is 25.4. The maximum atomic E-state index is 13.6. The number of rotatable bonds is 21. The number of carbonyl (C=O) groups is 6. The van der Waals surface area contributed by atoms with E-state index in [9.17, 15) is 44.1 Å². The maximum Gasteiger partial charge on any atom is 0.161 e. The van der Waals surface area contributed by atoms with Gasteiger partial charge in [0.15, 0.2) is 69.0 Å². The van der Waals surface area contributed by atoms with Gasteiger partial charge >= 0.3 is 0 Å². The fourth-order valence-electron chi connectivity index (χ4n) is 19.1. The SMILES string of the molecule is [2H]C([2H])([2H])C(C)(O)C([2H])([2H])[C@H]1CN2CCc3cc(OC)c(OC)cc3[C@@H]2CC1=O.[2H]C([2H])([2H])Oc1cc2c(cc1OC([2H])([2H])[2H])C([2H])([2H])C([2H])([2H])N1[C@H]2C([2H])([2H])C(=O)[C@@]([2H])(CC(C)(C)C)C1([2H])[2H].[2H]C([2H])([2H])Oc1cc2c(cc1OC)C([2H])([2H])C([2H])([2H])N1[C@H]2C([2H])([2H])C(=O)[C@@]([2H])(CC(C)(C)C)C1([2H])[2H].[2H]C([2H])([2H])Oc1cc2c(cc1OC)CCN1C[C@H](C([2H])([2H])C(C)(O)C([2H])([2H])[2H])C(=O)C[C@@H]21.[2H]C([2H])([2H])Oc1cc2c(cc1OC)[C@@H]1CC(=O)[C@@H](C([2H])([2H])C(C)(O)C([2H])([2H])[2H])CN1CC2.[2H]C([2H])([2H])Oc1cc2c(cc1OC)[C@H]1N(C([2H])([2H])C2([2H])[2H])C([2H])([2H])[C@]([2H])(CC(C)(C)C)C(=O)C1([2H])[2H]. The number of nitrogens with zero attached hydrogens (tertiary/aromatic N) is 6. The topological polar surface area (TPSA) is 293 Å². The third-order valence-corrected chi connectivity index (χ3v) is 25.4. The van der Waals surface area contributed by atoms with Crippen molar-refractivity contribution in [3.8, 4) is 69.0 Å². The summed E-state index contributed by atoms with van der Waals surface area (Å²) < 4.78 is 547. The van der Waals surface area contributed by atoms with Crippen LogP contribution in [0, 0.1) is 51.7 Å². The second-order valence-corrected chi connectivity index (χ2v) is 40.5. The van der Waals surface area contributed by atoms with Crippen LogP contribution in [0.4, 0.5) is 0 Å². The Morgan fingerprint density at radius 3 is 0.729 bits per heavy atom. The van der Waals surface area contributed by atoms with Gasteiger partial charge in [-0.25, -0.2) is 0 Å². The lowest BCUT2D eigenvalue weighted by molar-refractivity contribution is -0.132. The normalized spacial score (nSPS) is 38.3. The van der Waals surface area contributed by atoms with Crippen molar-refractivity contribution < 1.29 is 183 Å². The number of hydrogen-bond acceptors (Lipinski definition) is 27. The Balaban J connectivity index is 0.000000196. The van der Waals surface area contributed by atoms with Crippen molar-refractivity contribution in [3.63, 3.8) is 0 Å². The summed E-state index contributed by atoms with van der Waals surface area (Å²) in [4.78, 5) is 86.2. The number of aliphatic hydroxyl groups is 3. The largest absolute Gasteiger partial charge is 0.493 e. The number of carbonyl (C=O) groups excluding carboxylic acids is 6. The molecule has 6 aromatic carbocycles. The quantitative estimate of drug-likeness (QED) is 0.0603. The smallest absolute Gasteiger partial charge is 0.161 e. The van der Waals surface area contributed by atoms with Crippen LogP contribution in [0.3, 0.4) is 0 Å². The van der Waals surface area contributed by atoms with Gasteiger partial charge in [0.2, 0.25) is 0 Å². The summed E-state index contributed by atoms with van der Waals surface area (Å²) in [5.74, 6) is -19.3. The fourth-order valence-corrected chi connectivity index (χ4v) is 19.1. The van der Waals surface area contributed by atoms with Gasteiger partial charge in [0, 0.05) is 246 Å². The number of methoxy groups -OCH3 is 12. The van der Waals surface area contributed by atoms with E-state index in [4.69, 9.17) is 139 Å². The lowest BCUT2D eigenvalue weighted by Crippen LogP contribution is -2.47. The third kappa shape index (κ3) is 27.2. The highest BCUT2D eigenvalue weighted by atomic mass is 16.5. The number of benzene rings is 6. The molecule has 3 unspecified atom stereocenters. The number of hydrogen-bond donors (Lipinski definition) is 3. The summed E-state index contributed by atoms with van der Waals surface area (Å²) in [5, 5.41) is 31.5. The fraction of sp³-hybridized carbons (Fsp3) is 0.641. The minimum absolute atomic E-state index is 0.0170. The van der Waals surface area contributed by atoms with Gasteiger partial charge in [-0.2, -0.15) is 0 Å². The van der Waals surface area contributed by atoms with Crippen LogP contribution in [-0.2, 0) is 67.1 Å². The van der Waals surface area contributed by atoms with E-state index in [0.717, 1.165) is 93.1 Å². The maximum absolute atomic E-state index is 13.6. The minimum Gasteiger partial charge on any atom is -0.493 e. The summed E-state index contributed by atoms with van der Waals surface area (Å²) in [7, 11) is -9.50. The average Bonchev–Trinajstić information content (AvgIpc) is 0.665. The van der Waals surface area contributed by atoms with Crippen LogP contribution in [0.15, 0.2) is 72.8 Å². The molecule has 3 N–H and O–H groups in total. The Morgan fingerprint density at radius 1 is 0.306 bits per heavy atom. The minimum atomic E-state index is -3.41. The van der Waals surface area contributed by atoms with Crippen LogP contribution in [0.25, 0.3) is 0 Å². The molecule has 27 heteroatoms. The first kappa shape index (κ1) is 56.3. The molecule has 6 aromatic rings. The van der Waals surface area contributed by atoms with Gasteiger partial charge < -0.3 is 72.2 Å². The van der Waals surface area contributed by atoms with Crippen molar-refractivity contribution in [3.05, 3.63) is 140 Å². The number of Topliss-reactive ketones (excluding diaryl/α,β-unsaturated/α-hetero) is 6. The highest BCUT2D eigenvalue weighted by Crippen LogP contribution is 2.52. The molecule has 27 nitrogen and oxygen atoms in total. The number of ketones is 6. The Morgan fingerprint density at radius 2 is 0.514 bits per heavy atom. The number of fused-ring (bicyclic) bond motifs is 18. The van der Waals surface area contributed by atoms with Gasteiger partial charge in [-0.15, -0.1) is 0 Å². The second kappa shape index (κ2) is 46.6.